The average Bonchev–Trinajstić information content (AvgIpc) is 2.34. The molecule has 0 fully saturated rings. The molecule has 1 rings (SSSR count). The number of nitrogens with one attached hydrogen (secondary N) is 1. The highest BCUT2D eigenvalue weighted by Gasteiger charge is 2.13. The van der Waals surface area contributed by atoms with E-state index in [1.807, 2.05) is 18.2 Å². The summed E-state index contributed by atoms with van der Waals surface area (Å²) in [7, 11) is 0. The second-order valence-electron chi connectivity index (χ2n) is 3.15. The van der Waals surface area contributed by atoms with E-state index in [4.69, 9.17) is 10.2 Å². The summed E-state index contributed by atoms with van der Waals surface area (Å²) >= 11 is 0. The maximum Gasteiger partial charge on any atom is 0.407 e. The van der Waals surface area contributed by atoms with Crippen LogP contribution in [0.5, 0.6) is 0 Å². The van der Waals surface area contributed by atoms with Gasteiger partial charge in [0.1, 0.15) is 6.61 Å². The van der Waals surface area contributed by atoms with Crippen LogP contribution in [0.25, 0.3) is 0 Å². The normalized spacial score (nSPS) is 11.9. The number of alkyl carbamates (subject to hydrolysis) is 1. The van der Waals surface area contributed by atoms with Gasteiger partial charge in [0.05, 0.1) is 19.3 Å². The summed E-state index contributed by atoms with van der Waals surface area (Å²) in [6, 6.07) is 8.59. The Labute approximate surface area is 93.7 Å². The van der Waals surface area contributed by atoms with Crippen molar-refractivity contribution in [2.75, 3.05) is 19.8 Å². The van der Waals surface area contributed by atoms with E-state index >= 15 is 0 Å². The van der Waals surface area contributed by atoms with Gasteiger partial charge in [-0.25, -0.2) is 4.79 Å². The summed E-state index contributed by atoms with van der Waals surface area (Å²) in [5, 5.41) is 20.1. The lowest BCUT2D eigenvalue weighted by Gasteiger charge is -2.16. The molecule has 0 saturated carbocycles. The molecule has 1 aromatic rings. The van der Waals surface area contributed by atoms with Crippen LogP contribution in [0.2, 0.25) is 0 Å². The maximum atomic E-state index is 11.2. The highest BCUT2D eigenvalue weighted by atomic mass is 16.6. The molecule has 0 spiro atoms. The molecule has 0 bridgehead atoms. The van der Waals surface area contributed by atoms with Gasteiger partial charge in [-0.15, -0.1) is 0 Å². The number of rotatable bonds is 5. The van der Waals surface area contributed by atoms with Crippen molar-refractivity contribution in [1.82, 2.24) is 5.32 Å². The van der Waals surface area contributed by atoms with Crippen LogP contribution in [0.3, 0.4) is 0 Å². The topological polar surface area (TPSA) is 78.8 Å². The van der Waals surface area contributed by atoms with Crippen LogP contribution < -0.4 is 5.32 Å². The third kappa shape index (κ3) is 3.88. The fourth-order valence-electron chi connectivity index (χ4n) is 1.24. The van der Waals surface area contributed by atoms with Crippen LogP contribution >= 0.6 is 0 Å². The molecule has 88 valence electrons. The van der Waals surface area contributed by atoms with Crippen molar-refractivity contribution in [2.24, 2.45) is 0 Å². The van der Waals surface area contributed by atoms with Gasteiger partial charge in [-0.05, 0) is 5.56 Å². The first-order valence-electron chi connectivity index (χ1n) is 4.98. The number of carbonyl (C=O) groups is 1. The first-order valence-corrected chi connectivity index (χ1v) is 4.98. The molecule has 0 aliphatic carbocycles. The van der Waals surface area contributed by atoms with E-state index in [9.17, 15) is 4.79 Å². The number of benzene rings is 1. The van der Waals surface area contributed by atoms with E-state index in [0.717, 1.165) is 5.56 Å². The number of carbonyl (C=O) groups excluding carboxylic acids is 1. The highest BCUT2D eigenvalue weighted by Crippen LogP contribution is 2.11. The molecule has 16 heavy (non-hydrogen) atoms. The fourth-order valence-corrected chi connectivity index (χ4v) is 1.24. The first-order chi connectivity index (χ1) is 7.77. The Morgan fingerprint density at radius 3 is 2.56 bits per heavy atom. The van der Waals surface area contributed by atoms with Crippen molar-refractivity contribution in [3.05, 3.63) is 35.9 Å². The number of aliphatic hydroxyl groups is 2. The van der Waals surface area contributed by atoms with Gasteiger partial charge >= 0.3 is 6.09 Å². The van der Waals surface area contributed by atoms with Gasteiger partial charge in [0, 0.05) is 0 Å². The molecule has 1 atom stereocenters. The zero-order chi connectivity index (χ0) is 11.8. The Hall–Kier alpha value is -1.59. The maximum absolute atomic E-state index is 11.2. The van der Waals surface area contributed by atoms with Crippen LogP contribution in [0.15, 0.2) is 30.3 Å². The SMILES string of the molecule is O=C(NC(CO)c1ccccc1)OCCO. The average molecular weight is 225 g/mol. The predicted octanol–water partition coefficient (Wildman–Crippen LogP) is 0.439. The Balaban J connectivity index is 2.52. The Morgan fingerprint density at radius 2 is 2.00 bits per heavy atom. The van der Waals surface area contributed by atoms with E-state index in [2.05, 4.69) is 10.1 Å². The fraction of sp³-hybridized carbons (Fsp3) is 0.364. The second-order valence-corrected chi connectivity index (χ2v) is 3.15. The van der Waals surface area contributed by atoms with Gasteiger partial charge in [0.25, 0.3) is 0 Å². The standard InChI is InChI=1S/C11H15NO4/c13-6-7-16-11(15)12-10(8-14)9-4-2-1-3-5-9/h1-5,10,13-14H,6-8H2,(H,12,15). The second kappa shape index (κ2) is 6.81. The molecule has 0 aromatic heterocycles. The predicted molar refractivity (Wildman–Crippen MR) is 57.8 cm³/mol. The van der Waals surface area contributed by atoms with Crippen molar-refractivity contribution >= 4 is 6.09 Å². The summed E-state index contributed by atoms with van der Waals surface area (Å²) in [6.45, 7) is -0.487. The number of ether oxygens (including phenoxy) is 1. The zero-order valence-corrected chi connectivity index (χ0v) is 8.80. The summed E-state index contributed by atoms with van der Waals surface area (Å²) in [5.74, 6) is 0. The minimum absolute atomic E-state index is 0.0568. The minimum atomic E-state index is -0.656. The Morgan fingerprint density at radius 1 is 1.31 bits per heavy atom. The lowest BCUT2D eigenvalue weighted by molar-refractivity contribution is 0.112. The first kappa shape index (κ1) is 12.5. The lowest BCUT2D eigenvalue weighted by atomic mass is 10.1. The number of aliphatic hydroxyl groups excluding tert-OH is 2. The molecule has 5 heteroatoms. The monoisotopic (exact) mass is 225 g/mol. The van der Waals surface area contributed by atoms with Crippen molar-refractivity contribution < 1.29 is 19.7 Å². The largest absolute Gasteiger partial charge is 0.447 e. The summed E-state index contributed by atoms with van der Waals surface area (Å²) in [6.07, 6.45) is -0.656. The molecule has 1 amide bonds. The molecule has 0 saturated heterocycles. The van der Waals surface area contributed by atoms with Crippen molar-refractivity contribution in [1.29, 1.82) is 0 Å². The van der Waals surface area contributed by atoms with Crippen LogP contribution in [-0.4, -0.2) is 36.1 Å². The Kier molecular flexibility index (Phi) is 5.31. The molecular weight excluding hydrogens is 210 g/mol. The molecule has 1 aromatic carbocycles. The number of hydrogen-bond acceptors (Lipinski definition) is 4. The van der Waals surface area contributed by atoms with E-state index in [-0.39, 0.29) is 19.8 Å². The van der Waals surface area contributed by atoms with E-state index < -0.39 is 12.1 Å². The minimum Gasteiger partial charge on any atom is -0.447 e. The van der Waals surface area contributed by atoms with Gasteiger partial charge in [-0.1, -0.05) is 30.3 Å². The van der Waals surface area contributed by atoms with Gasteiger partial charge in [-0.2, -0.15) is 0 Å². The third-order valence-corrected chi connectivity index (χ3v) is 2.00. The van der Waals surface area contributed by atoms with Gasteiger partial charge < -0.3 is 20.3 Å². The zero-order valence-electron chi connectivity index (χ0n) is 8.80. The molecule has 3 N–H and O–H groups in total. The van der Waals surface area contributed by atoms with Crippen LogP contribution in [-0.2, 0) is 4.74 Å². The summed E-state index contributed by atoms with van der Waals surface area (Å²) < 4.78 is 4.63. The molecule has 5 nitrogen and oxygen atoms in total. The molecule has 0 heterocycles. The van der Waals surface area contributed by atoms with E-state index in [1.165, 1.54) is 0 Å². The van der Waals surface area contributed by atoms with Crippen molar-refractivity contribution in [2.45, 2.75) is 6.04 Å². The smallest absolute Gasteiger partial charge is 0.407 e. The highest BCUT2D eigenvalue weighted by molar-refractivity contribution is 5.67. The van der Waals surface area contributed by atoms with Crippen molar-refractivity contribution in [3.63, 3.8) is 0 Å². The van der Waals surface area contributed by atoms with E-state index in [1.54, 1.807) is 12.1 Å². The van der Waals surface area contributed by atoms with Crippen molar-refractivity contribution in [3.8, 4) is 0 Å². The van der Waals surface area contributed by atoms with Gasteiger partial charge in [0.2, 0.25) is 0 Å². The third-order valence-electron chi connectivity index (χ3n) is 2.00. The molecule has 1 unspecified atom stereocenters. The molecule has 0 aliphatic heterocycles. The van der Waals surface area contributed by atoms with Crippen LogP contribution in [0.4, 0.5) is 4.79 Å². The van der Waals surface area contributed by atoms with E-state index in [0.29, 0.717) is 0 Å². The number of hydrogen-bond donors (Lipinski definition) is 3. The lowest BCUT2D eigenvalue weighted by Crippen LogP contribution is -2.31. The van der Waals surface area contributed by atoms with Crippen LogP contribution in [0.1, 0.15) is 11.6 Å². The van der Waals surface area contributed by atoms with Gasteiger partial charge in [0.15, 0.2) is 0 Å². The summed E-state index contributed by atoms with van der Waals surface area (Å²) in [4.78, 5) is 11.2. The number of amides is 1. The van der Waals surface area contributed by atoms with Crippen LogP contribution in [0, 0.1) is 0 Å². The quantitative estimate of drug-likeness (QED) is 0.679. The molecule has 0 aliphatic rings. The van der Waals surface area contributed by atoms with Gasteiger partial charge in [-0.3, -0.25) is 0 Å². The molecule has 0 radical (unpaired) electrons. The molecular formula is C11H15NO4. The summed E-state index contributed by atoms with van der Waals surface area (Å²) in [5.41, 5.74) is 0.797. The Bertz CT molecular complexity index is 315.